The topological polar surface area (TPSA) is 118 Å². The Hall–Kier alpha value is -0.330. The Kier molecular flexibility index (Phi) is 31.2. The van der Waals surface area contributed by atoms with Crippen LogP contribution in [0.15, 0.2) is 0 Å². The number of rotatable bonds is 21. The SMILES string of the molecule is CCC[C@@H](C)CC(C)(C)OC.CCC[C@@H](N)CC(C)(C)OC.CNC[C@@H](C)CC(C)(C)OC.COC(C)(C)C[C@H](C)COS(C)(=O)=O. The number of methoxy groups -OCH3 is 4. The summed E-state index contributed by atoms with van der Waals surface area (Å²) in [6.07, 6.45) is 9.86. The van der Waals surface area contributed by atoms with E-state index in [1.807, 2.05) is 27.8 Å². The van der Waals surface area contributed by atoms with Crippen LogP contribution in [-0.4, -0.2) is 91.8 Å². The molecule has 0 radical (unpaired) electrons. The van der Waals surface area contributed by atoms with Crippen LogP contribution in [0.1, 0.15) is 141 Å². The molecule has 0 fully saturated rings. The highest BCUT2D eigenvalue weighted by molar-refractivity contribution is 7.85. The van der Waals surface area contributed by atoms with Gasteiger partial charge < -0.3 is 30.0 Å². The number of ether oxygens (including phenoxy) is 4. The van der Waals surface area contributed by atoms with E-state index in [9.17, 15) is 8.42 Å². The lowest BCUT2D eigenvalue weighted by molar-refractivity contribution is -0.000918. The lowest BCUT2D eigenvalue weighted by Gasteiger charge is -2.26. The van der Waals surface area contributed by atoms with Crippen molar-refractivity contribution in [2.24, 2.45) is 23.5 Å². The van der Waals surface area contributed by atoms with Crippen LogP contribution in [-0.2, 0) is 33.2 Å². The third-order valence-corrected chi connectivity index (χ3v) is 8.61. The largest absolute Gasteiger partial charge is 0.379 e. The van der Waals surface area contributed by atoms with E-state index in [-0.39, 0.29) is 41.0 Å². The summed E-state index contributed by atoms with van der Waals surface area (Å²) >= 11 is 0. The van der Waals surface area contributed by atoms with Crippen molar-refractivity contribution in [1.82, 2.24) is 5.32 Å². The maximum atomic E-state index is 10.7. The van der Waals surface area contributed by atoms with Gasteiger partial charge >= 0.3 is 0 Å². The third kappa shape index (κ3) is 40.0. The van der Waals surface area contributed by atoms with Gasteiger partial charge in [0.25, 0.3) is 10.1 Å². The molecule has 0 aliphatic rings. The second-order valence-corrected chi connectivity index (χ2v) is 17.5. The predicted molar refractivity (Wildman–Crippen MR) is 203 cm³/mol. The van der Waals surface area contributed by atoms with Gasteiger partial charge in [-0.1, -0.05) is 53.9 Å². The fraction of sp³-hybridized carbons (Fsp3) is 1.00. The van der Waals surface area contributed by atoms with Crippen molar-refractivity contribution in [3.8, 4) is 0 Å². The van der Waals surface area contributed by atoms with Crippen LogP contribution in [0, 0.1) is 17.8 Å². The molecule has 0 unspecified atom stereocenters. The van der Waals surface area contributed by atoms with Gasteiger partial charge in [-0.15, -0.1) is 0 Å². The number of hydrogen-bond donors (Lipinski definition) is 2. The minimum atomic E-state index is -3.32. The zero-order chi connectivity index (χ0) is 38.1. The maximum absolute atomic E-state index is 10.7. The van der Waals surface area contributed by atoms with Crippen molar-refractivity contribution in [1.29, 1.82) is 0 Å². The molecule has 0 bridgehead atoms. The smallest absolute Gasteiger partial charge is 0.264 e. The molecule has 4 atom stereocenters. The first-order valence-electron chi connectivity index (χ1n) is 17.7. The van der Waals surface area contributed by atoms with Crippen molar-refractivity contribution in [3.05, 3.63) is 0 Å². The van der Waals surface area contributed by atoms with E-state index >= 15 is 0 Å². The Morgan fingerprint density at radius 3 is 1.28 bits per heavy atom. The van der Waals surface area contributed by atoms with E-state index in [1.54, 1.807) is 28.4 Å². The van der Waals surface area contributed by atoms with E-state index in [1.165, 1.54) is 12.8 Å². The molecule has 9 nitrogen and oxygen atoms in total. The van der Waals surface area contributed by atoms with Crippen LogP contribution in [0.5, 0.6) is 0 Å². The Bertz CT molecular complexity index is 756. The molecule has 0 saturated heterocycles. The van der Waals surface area contributed by atoms with Crippen molar-refractivity contribution in [2.75, 3.05) is 54.9 Å². The van der Waals surface area contributed by atoms with Gasteiger partial charge in [0.15, 0.2) is 0 Å². The minimum absolute atomic E-state index is 0.0241. The molecule has 290 valence electrons. The highest BCUT2D eigenvalue weighted by atomic mass is 32.2. The average molecular weight is 701 g/mol. The molecule has 47 heavy (non-hydrogen) atoms. The molecule has 0 aliphatic heterocycles. The molecule has 10 heteroatoms. The summed E-state index contributed by atoms with van der Waals surface area (Å²) in [4.78, 5) is 0. The molecule has 0 saturated carbocycles. The first-order valence-corrected chi connectivity index (χ1v) is 19.5. The Labute approximate surface area is 294 Å². The summed E-state index contributed by atoms with van der Waals surface area (Å²) in [5.41, 5.74) is 5.66. The molecule has 0 spiro atoms. The van der Waals surface area contributed by atoms with Crippen molar-refractivity contribution in [2.45, 2.75) is 170 Å². The predicted octanol–water partition coefficient (Wildman–Crippen LogP) is 8.24. The standard InChI is InChI=1S/C10H22O.2C9H21NO.C9H20O4S/c1-6-7-9(2)8-10(3,4)11-5;1-8(7-10-4)6-9(2,3)11-5;1-5-6-8(10)7-9(2,3)11-4;1-8(6-9(2,3)12-4)7-13-14(5,10)11/h9H,6-8H2,1-5H3;8,10H,6-7H2,1-5H3;8H,5-7,10H2,1-4H3;8H,6-7H2,1-5H3/t9-;3*8-/m1010/s1. The number of nitrogens with two attached hydrogens (primary N) is 1. The Morgan fingerprint density at radius 2 is 0.957 bits per heavy atom. The second-order valence-electron chi connectivity index (χ2n) is 15.9. The zero-order valence-corrected chi connectivity index (χ0v) is 35.5. The highest BCUT2D eigenvalue weighted by Crippen LogP contribution is 2.23. The van der Waals surface area contributed by atoms with Crippen molar-refractivity contribution in [3.63, 3.8) is 0 Å². The fourth-order valence-electron chi connectivity index (χ4n) is 5.27. The number of hydrogen-bond acceptors (Lipinski definition) is 9. The van der Waals surface area contributed by atoms with Gasteiger partial charge in [-0.3, -0.25) is 4.18 Å². The molecule has 0 aliphatic carbocycles. The minimum Gasteiger partial charge on any atom is -0.379 e. The molecule has 3 N–H and O–H groups in total. The summed E-state index contributed by atoms with van der Waals surface area (Å²) in [5.74, 6) is 1.62. The Morgan fingerprint density at radius 1 is 0.617 bits per heavy atom. The molecule has 0 heterocycles. The van der Waals surface area contributed by atoms with Gasteiger partial charge in [0.2, 0.25) is 0 Å². The van der Waals surface area contributed by atoms with Crippen molar-refractivity contribution >= 4 is 10.1 Å². The van der Waals surface area contributed by atoms with E-state index in [0.717, 1.165) is 57.2 Å². The van der Waals surface area contributed by atoms with E-state index in [4.69, 9.17) is 28.9 Å². The van der Waals surface area contributed by atoms with Gasteiger partial charge in [0.05, 0.1) is 35.3 Å². The summed E-state index contributed by atoms with van der Waals surface area (Å²) in [6.45, 7) is 28.7. The molecule has 0 aromatic carbocycles. The van der Waals surface area contributed by atoms with Gasteiger partial charge in [-0.2, -0.15) is 8.42 Å². The maximum Gasteiger partial charge on any atom is 0.264 e. The molecule has 0 aromatic rings. The molecule has 0 rings (SSSR count). The van der Waals surface area contributed by atoms with Crippen LogP contribution in [0.2, 0.25) is 0 Å². The fourth-order valence-corrected chi connectivity index (χ4v) is 5.75. The first kappa shape index (κ1) is 53.5. The summed E-state index contributed by atoms with van der Waals surface area (Å²) in [6, 6.07) is 0.287. The first-order chi connectivity index (χ1) is 21.2. The van der Waals surface area contributed by atoms with Gasteiger partial charge in [-0.25, -0.2) is 0 Å². The highest BCUT2D eigenvalue weighted by Gasteiger charge is 2.22. The second kappa shape index (κ2) is 27.4. The van der Waals surface area contributed by atoms with E-state index in [2.05, 4.69) is 74.6 Å². The van der Waals surface area contributed by atoms with Crippen LogP contribution >= 0.6 is 0 Å². The summed E-state index contributed by atoms with van der Waals surface area (Å²) in [7, 11) is 5.60. The molecule has 0 aromatic heterocycles. The van der Waals surface area contributed by atoms with Crippen LogP contribution in [0.3, 0.4) is 0 Å². The molecular weight excluding hydrogens is 616 g/mol. The lowest BCUT2D eigenvalue weighted by atomic mass is 9.92. The van der Waals surface area contributed by atoms with Gasteiger partial charge in [0, 0.05) is 34.5 Å². The van der Waals surface area contributed by atoms with E-state index < -0.39 is 10.1 Å². The lowest BCUT2D eigenvalue weighted by Crippen LogP contribution is -2.33. The monoisotopic (exact) mass is 701 g/mol. The van der Waals surface area contributed by atoms with Crippen LogP contribution in [0.25, 0.3) is 0 Å². The Balaban J connectivity index is -0.000000264. The normalized spacial score (nSPS) is 15.1. The van der Waals surface area contributed by atoms with E-state index in [0.29, 0.717) is 5.92 Å². The summed E-state index contributed by atoms with van der Waals surface area (Å²) < 4.78 is 47.3. The van der Waals surface area contributed by atoms with Crippen LogP contribution in [0.4, 0.5) is 0 Å². The summed E-state index contributed by atoms with van der Waals surface area (Å²) in [5, 5.41) is 3.16. The van der Waals surface area contributed by atoms with Crippen LogP contribution < -0.4 is 11.1 Å². The zero-order valence-electron chi connectivity index (χ0n) is 34.7. The molecule has 0 amide bonds. The number of nitrogens with one attached hydrogen (secondary N) is 1. The van der Waals surface area contributed by atoms with Gasteiger partial charge in [0.1, 0.15) is 0 Å². The molecular formula is C37H84N2O7S. The quantitative estimate of drug-likeness (QED) is 0.114. The average Bonchev–Trinajstić information content (AvgIpc) is 2.92. The van der Waals surface area contributed by atoms with Gasteiger partial charge in [-0.05, 0) is 119 Å². The van der Waals surface area contributed by atoms with Crippen molar-refractivity contribution < 1.29 is 31.5 Å². The third-order valence-electron chi connectivity index (χ3n) is 8.04.